The van der Waals surface area contributed by atoms with E-state index < -0.39 is 0 Å². The first-order valence-electron chi connectivity index (χ1n) is 6.63. The van der Waals surface area contributed by atoms with E-state index in [1.807, 2.05) is 19.1 Å². The smallest absolute Gasteiger partial charge is 0.118 e. The first kappa shape index (κ1) is 14.5. The average molecular weight is 269 g/mol. The van der Waals surface area contributed by atoms with E-state index >= 15 is 0 Å². The zero-order chi connectivity index (χ0) is 13.7. The molecule has 5 heteroatoms. The predicted molar refractivity (Wildman–Crippen MR) is 70.9 cm³/mol. The second-order valence-corrected chi connectivity index (χ2v) is 5.37. The van der Waals surface area contributed by atoms with Gasteiger partial charge in [0.2, 0.25) is 0 Å². The molecule has 0 unspecified atom stereocenters. The standard InChI is InChI=1S/C14H23NO4/c1-12-3-4-13(19-12)7-15(5-6-17-2)8-14(9-16)10-18-11-14/h3-4,16H,5-11H2,1-2H3. The Labute approximate surface area is 114 Å². The van der Waals surface area contributed by atoms with Gasteiger partial charge in [0, 0.05) is 20.2 Å². The highest BCUT2D eigenvalue weighted by atomic mass is 16.5. The van der Waals surface area contributed by atoms with Gasteiger partial charge in [0.05, 0.1) is 38.4 Å². The van der Waals surface area contributed by atoms with Gasteiger partial charge in [0.1, 0.15) is 11.5 Å². The number of aryl methyl sites for hydroxylation is 1. The number of methoxy groups -OCH3 is 1. The second-order valence-electron chi connectivity index (χ2n) is 5.37. The summed E-state index contributed by atoms with van der Waals surface area (Å²) in [5.41, 5.74) is -0.116. The maximum absolute atomic E-state index is 9.52. The highest BCUT2D eigenvalue weighted by Gasteiger charge is 2.39. The Kier molecular flexibility index (Phi) is 4.99. The van der Waals surface area contributed by atoms with Crippen LogP contribution in [0.5, 0.6) is 0 Å². The van der Waals surface area contributed by atoms with Crippen molar-refractivity contribution < 1.29 is 19.0 Å². The topological polar surface area (TPSA) is 55.1 Å². The molecule has 0 radical (unpaired) electrons. The van der Waals surface area contributed by atoms with Crippen LogP contribution in [0.25, 0.3) is 0 Å². The summed E-state index contributed by atoms with van der Waals surface area (Å²) >= 11 is 0. The molecular weight excluding hydrogens is 246 g/mol. The quantitative estimate of drug-likeness (QED) is 0.764. The molecule has 108 valence electrons. The van der Waals surface area contributed by atoms with Gasteiger partial charge in [-0.05, 0) is 19.1 Å². The van der Waals surface area contributed by atoms with E-state index in [0.717, 1.165) is 31.2 Å². The fourth-order valence-electron chi connectivity index (χ4n) is 2.32. The molecule has 0 atom stereocenters. The highest BCUT2D eigenvalue weighted by Crippen LogP contribution is 2.28. The van der Waals surface area contributed by atoms with Gasteiger partial charge < -0.3 is 19.0 Å². The molecule has 0 amide bonds. The molecule has 1 N–H and O–H groups in total. The molecule has 1 fully saturated rings. The Balaban J connectivity index is 1.94. The Morgan fingerprint density at radius 2 is 2.21 bits per heavy atom. The fourth-order valence-corrected chi connectivity index (χ4v) is 2.32. The van der Waals surface area contributed by atoms with E-state index in [9.17, 15) is 5.11 Å². The summed E-state index contributed by atoms with van der Waals surface area (Å²) in [7, 11) is 1.70. The number of ether oxygens (including phenoxy) is 2. The highest BCUT2D eigenvalue weighted by molar-refractivity contribution is 5.05. The van der Waals surface area contributed by atoms with Crippen molar-refractivity contribution in [2.75, 3.05) is 46.6 Å². The van der Waals surface area contributed by atoms with Gasteiger partial charge in [-0.25, -0.2) is 0 Å². The van der Waals surface area contributed by atoms with Crippen LogP contribution in [0.2, 0.25) is 0 Å². The summed E-state index contributed by atoms with van der Waals surface area (Å²) in [5.74, 6) is 1.87. The normalized spacial score (nSPS) is 17.7. The Bertz CT molecular complexity index is 381. The molecule has 0 aliphatic carbocycles. The number of hydrogen-bond donors (Lipinski definition) is 1. The van der Waals surface area contributed by atoms with Crippen LogP contribution in [0.15, 0.2) is 16.5 Å². The fraction of sp³-hybridized carbons (Fsp3) is 0.714. The van der Waals surface area contributed by atoms with Crippen LogP contribution in [0.3, 0.4) is 0 Å². The van der Waals surface area contributed by atoms with Gasteiger partial charge in [0.25, 0.3) is 0 Å². The maximum atomic E-state index is 9.52. The molecule has 1 aromatic rings. The van der Waals surface area contributed by atoms with Crippen LogP contribution in [0, 0.1) is 12.3 Å². The minimum absolute atomic E-state index is 0.116. The van der Waals surface area contributed by atoms with Crippen LogP contribution in [0.4, 0.5) is 0 Å². The van der Waals surface area contributed by atoms with Crippen LogP contribution in [0.1, 0.15) is 11.5 Å². The van der Waals surface area contributed by atoms with E-state index in [1.54, 1.807) is 7.11 Å². The average Bonchev–Trinajstić information content (AvgIpc) is 2.76. The summed E-state index contributed by atoms with van der Waals surface area (Å²) in [6, 6.07) is 3.97. The minimum Gasteiger partial charge on any atom is -0.465 e. The predicted octanol–water partition coefficient (Wildman–Crippen LogP) is 1.05. The van der Waals surface area contributed by atoms with Gasteiger partial charge in [0.15, 0.2) is 0 Å². The number of furan rings is 1. The Hall–Kier alpha value is -0.880. The first-order chi connectivity index (χ1) is 9.17. The summed E-state index contributed by atoms with van der Waals surface area (Å²) < 4.78 is 16.0. The molecule has 0 bridgehead atoms. The Morgan fingerprint density at radius 3 is 2.68 bits per heavy atom. The molecule has 0 spiro atoms. The van der Waals surface area contributed by atoms with Crippen LogP contribution >= 0.6 is 0 Å². The molecule has 0 aromatic carbocycles. The van der Waals surface area contributed by atoms with Crippen molar-refractivity contribution in [3.8, 4) is 0 Å². The zero-order valence-corrected chi connectivity index (χ0v) is 11.7. The zero-order valence-electron chi connectivity index (χ0n) is 11.7. The van der Waals surface area contributed by atoms with Crippen molar-refractivity contribution in [1.82, 2.24) is 4.90 Å². The van der Waals surface area contributed by atoms with Crippen LogP contribution < -0.4 is 0 Å². The lowest BCUT2D eigenvalue weighted by atomic mass is 9.86. The largest absolute Gasteiger partial charge is 0.465 e. The molecule has 19 heavy (non-hydrogen) atoms. The van der Waals surface area contributed by atoms with Gasteiger partial charge in [-0.1, -0.05) is 0 Å². The third kappa shape index (κ3) is 3.79. The second kappa shape index (κ2) is 6.52. The molecule has 5 nitrogen and oxygen atoms in total. The number of rotatable bonds is 8. The number of aliphatic hydroxyl groups is 1. The van der Waals surface area contributed by atoms with Crippen molar-refractivity contribution >= 4 is 0 Å². The molecule has 1 aromatic heterocycles. The summed E-state index contributed by atoms with van der Waals surface area (Å²) in [6.45, 7) is 6.38. The molecule has 1 saturated heterocycles. The van der Waals surface area contributed by atoms with Gasteiger partial charge in [-0.2, -0.15) is 0 Å². The molecule has 0 saturated carbocycles. The van der Waals surface area contributed by atoms with Crippen molar-refractivity contribution in [2.45, 2.75) is 13.5 Å². The van der Waals surface area contributed by atoms with E-state index in [-0.39, 0.29) is 12.0 Å². The molecular formula is C14H23NO4. The molecule has 2 rings (SSSR count). The SMILES string of the molecule is COCCN(Cc1ccc(C)o1)CC1(CO)COC1. The molecule has 1 aliphatic rings. The number of aliphatic hydroxyl groups excluding tert-OH is 1. The summed E-state index contributed by atoms with van der Waals surface area (Å²) in [5, 5.41) is 9.52. The van der Waals surface area contributed by atoms with Crippen molar-refractivity contribution in [1.29, 1.82) is 0 Å². The number of hydrogen-bond acceptors (Lipinski definition) is 5. The van der Waals surface area contributed by atoms with E-state index in [2.05, 4.69) is 4.90 Å². The van der Waals surface area contributed by atoms with Crippen molar-refractivity contribution in [3.63, 3.8) is 0 Å². The van der Waals surface area contributed by atoms with Crippen LogP contribution in [-0.2, 0) is 16.0 Å². The van der Waals surface area contributed by atoms with E-state index in [4.69, 9.17) is 13.9 Å². The van der Waals surface area contributed by atoms with Gasteiger partial charge >= 0.3 is 0 Å². The maximum Gasteiger partial charge on any atom is 0.118 e. The lowest BCUT2D eigenvalue weighted by Gasteiger charge is -2.43. The number of nitrogens with zero attached hydrogens (tertiary/aromatic N) is 1. The Morgan fingerprint density at radius 1 is 1.42 bits per heavy atom. The van der Waals surface area contributed by atoms with E-state index in [1.165, 1.54) is 0 Å². The lowest BCUT2D eigenvalue weighted by Crippen LogP contribution is -2.53. The van der Waals surface area contributed by atoms with Crippen molar-refractivity contribution in [2.24, 2.45) is 5.41 Å². The molecule has 1 aliphatic heterocycles. The minimum atomic E-state index is -0.116. The third-order valence-corrected chi connectivity index (χ3v) is 3.50. The summed E-state index contributed by atoms with van der Waals surface area (Å²) in [4.78, 5) is 2.25. The lowest BCUT2D eigenvalue weighted by molar-refractivity contribution is -0.150. The molecule has 2 heterocycles. The first-order valence-corrected chi connectivity index (χ1v) is 6.63. The van der Waals surface area contributed by atoms with Crippen molar-refractivity contribution in [3.05, 3.63) is 23.7 Å². The third-order valence-electron chi connectivity index (χ3n) is 3.50. The van der Waals surface area contributed by atoms with E-state index in [0.29, 0.717) is 19.8 Å². The van der Waals surface area contributed by atoms with Gasteiger partial charge in [-0.3, -0.25) is 4.90 Å². The summed E-state index contributed by atoms with van der Waals surface area (Å²) in [6.07, 6.45) is 0. The van der Waals surface area contributed by atoms with Gasteiger partial charge in [-0.15, -0.1) is 0 Å². The monoisotopic (exact) mass is 269 g/mol. The van der Waals surface area contributed by atoms with Crippen LogP contribution in [-0.4, -0.2) is 56.6 Å².